The maximum Gasteiger partial charge on any atom is 0.306 e. The van der Waals surface area contributed by atoms with Crippen molar-refractivity contribution < 1.29 is 33.4 Å². The van der Waals surface area contributed by atoms with E-state index in [1.165, 1.54) is 13.1 Å². The van der Waals surface area contributed by atoms with E-state index in [0.717, 1.165) is 11.3 Å². The molecule has 1 aliphatic rings. The van der Waals surface area contributed by atoms with Gasteiger partial charge in [-0.1, -0.05) is 6.07 Å². The van der Waals surface area contributed by atoms with Crippen molar-refractivity contribution in [1.82, 2.24) is 10.2 Å². The Morgan fingerprint density at radius 1 is 1.09 bits per heavy atom. The Labute approximate surface area is 193 Å². The number of esters is 1. The summed E-state index contributed by atoms with van der Waals surface area (Å²) in [5.41, 5.74) is -0.200. The van der Waals surface area contributed by atoms with Crippen molar-refractivity contribution in [3.05, 3.63) is 29.3 Å². The molecule has 9 nitrogen and oxygen atoms in total. The molecule has 0 aromatic heterocycles. The third kappa shape index (κ3) is 7.13. The molecule has 2 rings (SSSR count). The van der Waals surface area contributed by atoms with E-state index in [2.05, 4.69) is 5.32 Å². The summed E-state index contributed by atoms with van der Waals surface area (Å²) in [6.07, 6.45) is 2.94. The third-order valence-electron chi connectivity index (χ3n) is 5.05. The Morgan fingerprint density at radius 2 is 1.82 bits per heavy atom. The van der Waals surface area contributed by atoms with Crippen molar-refractivity contribution in [3.63, 3.8) is 0 Å². The van der Waals surface area contributed by atoms with E-state index in [1.54, 1.807) is 12.1 Å². The molecule has 1 N–H and O–H groups in total. The molecule has 0 radical (unpaired) electrons. The summed E-state index contributed by atoms with van der Waals surface area (Å²) in [7, 11) is 1.47. The second-order valence-corrected chi connectivity index (χ2v) is 8.82. The zero-order chi connectivity index (χ0) is 24.6. The van der Waals surface area contributed by atoms with E-state index < -0.39 is 23.5 Å². The number of rotatable bonds is 12. The molecule has 1 heterocycles. The van der Waals surface area contributed by atoms with E-state index in [9.17, 15) is 24.0 Å². The van der Waals surface area contributed by atoms with Gasteiger partial charge in [-0.2, -0.15) is 0 Å². The monoisotopic (exact) mass is 460 g/mol. The minimum absolute atomic E-state index is 0.0139. The highest BCUT2D eigenvalue weighted by atomic mass is 16.6. The number of carbonyl (C=O) groups is 5. The van der Waals surface area contributed by atoms with Gasteiger partial charge in [0.25, 0.3) is 11.8 Å². The molecule has 1 atom stereocenters. The third-order valence-corrected chi connectivity index (χ3v) is 5.05. The molecule has 33 heavy (non-hydrogen) atoms. The highest BCUT2D eigenvalue weighted by Crippen LogP contribution is 2.32. The number of imide groups is 1. The average molecular weight is 461 g/mol. The number of nitrogens with one attached hydrogen (secondary N) is 1. The van der Waals surface area contributed by atoms with E-state index >= 15 is 0 Å². The van der Waals surface area contributed by atoms with Gasteiger partial charge in [0, 0.05) is 19.9 Å². The molecular weight excluding hydrogens is 428 g/mol. The number of aldehydes is 1. The predicted molar refractivity (Wildman–Crippen MR) is 120 cm³/mol. The summed E-state index contributed by atoms with van der Waals surface area (Å²) < 4.78 is 11.0. The molecular formula is C24H32N2O7. The largest absolute Gasteiger partial charge is 0.493 e. The first kappa shape index (κ1) is 26.0. The first-order valence-electron chi connectivity index (χ1n) is 11.1. The molecule has 9 heteroatoms. The number of benzene rings is 1. The van der Waals surface area contributed by atoms with Gasteiger partial charge in [0.2, 0.25) is 5.91 Å². The van der Waals surface area contributed by atoms with Crippen LogP contribution in [0, 0.1) is 0 Å². The first-order chi connectivity index (χ1) is 15.6. The van der Waals surface area contributed by atoms with E-state index in [4.69, 9.17) is 9.47 Å². The van der Waals surface area contributed by atoms with Gasteiger partial charge in [-0.15, -0.1) is 0 Å². The van der Waals surface area contributed by atoms with Gasteiger partial charge in [-0.25, -0.2) is 0 Å². The fraction of sp³-hybridized carbons (Fsp3) is 0.542. The van der Waals surface area contributed by atoms with Gasteiger partial charge in [0.1, 0.15) is 17.6 Å². The van der Waals surface area contributed by atoms with Crippen LogP contribution in [0.3, 0.4) is 0 Å². The molecule has 1 unspecified atom stereocenters. The second-order valence-electron chi connectivity index (χ2n) is 8.82. The zero-order valence-corrected chi connectivity index (χ0v) is 19.6. The Balaban J connectivity index is 1.93. The molecule has 0 aliphatic carbocycles. The van der Waals surface area contributed by atoms with Crippen molar-refractivity contribution in [2.75, 3.05) is 13.7 Å². The number of carbonyl (C=O) groups excluding carboxylic acids is 5. The summed E-state index contributed by atoms with van der Waals surface area (Å²) >= 11 is 0. The first-order valence-corrected chi connectivity index (χ1v) is 11.1. The SMILES string of the molecule is CNC(=O)CCC(C=O)N1C(=O)c2cccc(OCCCCCC(=O)OC(C)(C)C)c2C1=O. The number of ether oxygens (including phenoxy) is 2. The van der Waals surface area contributed by atoms with Crippen molar-refractivity contribution in [2.45, 2.75) is 70.9 Å². The molecule has 1 aliphatic heterocycles. The summed E-state index contributed by atoms with van der Waals surface area (Å²) in [5.74, 6) is -1.43. The van der Waals surface area contributed by atoms with Crippen LogP contribution in [0.4, 0.5) is 0 Å². The van der Waals surface area contributed by atoms with Crippen molar-refractivity contribution in [1.29, 1.82) is 0 Å². The maximum absolute atomic E-state index is 13.0. The number of amides is 3. The number of fused-ring (bicyclic) bond motifs is 1. The normalized spacial score (nSPS) is 14.0. The molecule has 1 aromatic carbocycles. The number of unbranched alkanes of at least 4 members (excludes halogenated alkanes) is 2. The Kier molecular flexibility index (Phi) is 9.13. The molecule has 0 saturated carbocycles. The van der Waals surface area contributed by atoms with Crippen LogP contribution < -0.4 is 10.1 Å². The predicted octanol–water partition coefficient (Wildman–Crippen LogP) is 2.66. The lowest BCUT2D eigenvalue weighted by molar-refractivity contribution is -0.155. The summed E-state index contributed by atoms with van der Waals surface area (Å²) in [6.45, 7) is 5.77. The van der Waals surface area contributed by atoms with E-state index in [0.29, 0.717) is 32.2 Å². The number of nitrogens with zero attached hydrogens (tertiary/aromatic N) is 1. The minimum Gasteiger partial charge on any atom is -0.493 e. The lowest BCUT2D eigenvalue weighted by Gasteiger charge is -2.21. The van der Waals surface area contributed by atoms with Crippen LogP contribution >= 0.6 is 0 Å². The van der Waals surface area contributed by atoms with Gasteiger partial charge in [0.15, 0.2) is 0 Å². The smallest absolute Gasteiger partial charge is 0.306 e. The maximum atomic E-state index is 13.0. The highest BCUT2D eigenvalue weighted by molar-refractivity contribution is 6.23. The lowest BCUT2D eigenvalue weighted by Crippen LogP contribution is -2.41. The van der Waals surface area contributed by atoms with Crippen molar-refractivity contribution >= 4 is 30.0 Å². The van der Waals surface area contributed by atoms with Gasteiger partial charge in [-0.05, 0) is 58.6 Å². The lowest BCUT2D eigenvalue weighted by atomic mass is 10.1. The van der Waals surface area contributed by atoms with E-state index in [1.807, 2.05) is 20.8 Å². The highest BCUT2D eigenvalue weighted by Gasteiger charge is 2.42. The average Bonchev–Trinajstić information content (AvgIpc) is 3.01. The topological polar surface area (TPSA) is 119 Å². The van der Waals surface area contributed by atoms with Crippen LogP contribution in [-0.4, -0.2) is 60.2 Å². The molecule has 180 valence electrons. The Bertz CT molecular complexity index is 905. The summed E-state index contributed by atoms with van der Waals surface area (Å²) in [5, 5.41) is 2.45. The van der Waals surface area contributed by atoms with Crippen LogP contribution in [0.1, 0.15) is 80.0 Å². The van der Waals surface area contributed by atoms with Gasteiger partial charge in [0.05, 0.1) is 23.8 Å². The second kappa shape index (κ2) is 11.6. The molecule has 0 fully saturated rings. The molecule has 0 bridgehead atoms. The van der Waals surface area contributed by atoms with Crippen LogP contribution in [-0.2, 0) is 19.1 Å². The van der Waals surface area contributed by atoms with Crippen LogP contribution in [0.2, 0.25) is 0 Å². The Hall–Kier alpha value is -3.23. The quantitative estimate of drug-likeness (QED) is 0.220. The molecule has 0 spiro atoms. The fourth-order valence-corrected chi connectivity index (χ4v) is 3.48. The molecule has 3 amide bonds. The fourth-order valence-electron chi connectivity index (χ4n) is 3.48. The van der Waals surface area contributed by atoms with Crippen LogP contribution in [0.25, 0.3) is 0 Å². The van der Waals surface area contributed by atoms with Crippen LogP contribution in [0.5, 0.6) is 5.75 Å². The van der Waals surface area contributed by atoms with Gasteiger partial charge in [-0.3, -0.25) is 24.1 Å². The van der Waals surface area contributed by atoms with Crippen molar-refractivity contribution in [2.24, 2.45) is 0 Å². The Morgan fingerprint density at radius 3 is 2.45 bits per heavy atom. The zero-order valence-electron chi connectivity index (χ0n) is 19.6. The molecule has 1 aromatic rings. The van der Waals surface area contributed by atoms with E-state index in [-0.39, 0.29) is 41.6 Å². The standard InChI is InChI=1S/C24H32N2O7/c1-24(2,3)33-20(29)11-6-5-7-14-32-18-10-8-9-17-21(18)23(31)26(22(17)30)16(15-27)12-13-19(28)25-4/h8-10,15-16H,5-7,11-14H2,1-4H3,(H,25,28). The number of hydrogen-bond acceptors (Lipinski definition) is 7. The van der Waals surface area contributed by atoms with Crippen molar-refractivity contribution in [3.8, 4) is 5.75 Å². The van der Waals surface area contributed by atoms with Crippen LogP contribution in [0.15, 0.2) is 18.2 Å². The van der Waals surface area contributed by atoms with Gasteiger partial charge >= 0.3 is 5.97 Å². The summed E-state index contributed by atoms with van der Waals surface area (Å²) in [4.78, 5) is 61.5. The van der Waals surface area contributed by atoms with Gasteiger partial charge < -0.3 is 19.6 Å². The summed E-state index contributed by atoms with van der Waals surface area (Å²) in [6, 6.07) is 3.71. The number of hydrogen-bond donors (Lipinski definition) is 1. The minimum atomic E-state index is -1.03. The molecule has 0 saturated heterocycles.